The molecule has 0 saturated heterocycles. The van der Waals surface area contributed by atoms with Crippen molar-refractivity contribution in [3.8, 4) is 0 Å². The molecule has 0 radical (unpaired) electrons. The third kappa shape index (κ3) is 1.79. The lowest BCUT2D eigenvalue weighted by Crippen LogP contribution is -2.18. The Labute approximate surface area is 88.8 Å². The lowest BCUT2D eigenvalue weighted by Gasteiger charge is -2.12. The van der Waals surface area contributed by atoms with Crippen molar-refractivity contribution in [2.75, 3.05) is 13.2 Å². The van der Waals surface area contributed by atoms with Crippen LogP contribution in [-0.2, 0) is 14.3 Å². The van der Waals surface area contributed by atoms with Gasteiger partial charge in [0.05, 0.1) is 13.2 Å². The molecule has 3 nitrogen and oxygen atoms in total. The first-order valence-corrected chi connectivity index (χ1v) is 5.33. The van der Waals surface area contributed by atoms with Crippen molar-refractivity contribution in [1.82, 2.24) is 0 Å². The Morgan fingerprint density at radius 1 is 1.27 bits per heavy atom. The van der Waals surface area contributed by atoms with E-state index in [2.05, 4.69) is 6.92 Å². The molecule has 0 atom stereocenters. The molecule has 2 rings (SSSR count). The second kappa shape index (κ2) is 4.11. The summed E-state index contributed by atoms with van der Waals surface area (Å²) in [5.74, 6) is -0.0104. The Balaban J connectivity index is 2.20. The number of carbonyl (C=O) groups is 2. The van der Waals surface area contributed by atoms with Crippen LogP contribution in [0, 0.1) is 0 Å². The zero-order chi connectivity index (χ0) is 10.8. The molecule has 0 saturated carbocycles. The summed E-state index contributed by atoms with van der Waals surface area (Å²) >= 11 is 0. The van der Waals surface area contributed by atoms with Crippen molar-refractivity contribution in [3.05, 3.63) is 22.8 Å². The Bertz CT molecular complexity index is 374. The van der Waals surface area contributed by atoms with Crippen LogP contribution in [0.25, 0.3) is 0 Å². The number of hydrogen-bond acceptors (Lipinski definition) is 3. The molecule has 0 aromatic carbocycles. The van der Waals surface area contributed by atoms with Gasteiger partial charge in [-0.1, -0.05) is 13.3 Å². The number of Topliss-reactive ketones (excluding diaryl/α,β-unsaturated/α-hetero) is 1. The van der Waals surface area contributed by atoms with E-state index in [0.717, 1.165) is 12.8 Å². The van der Waals surface area contributed by atoms with Gasteiger partial charge in [-0.05, 0) is 18.9 Å². The van der Waals surface area contributed by atoms with Gasteiger partial charge in [-0.15, -0.1) is 0 Å². The van der Waals surface area contributed by atoms with E-state index in [0.29, 0.717) is 36.4 Å². The van der Waals surface area contributed by atoms with Gasteiger partial charge in [0.1, 0.15) is 0 Å². The van der Waals surface area contributed by atoms with E-state index in [4.69, 9.17) is 4.74 Å². The highest BCUT2D eigenvalue weighted by Crippen LogP contribution is 2.26. The van der Waals surface area contributed by atoms with E-state index in [1.165, 1.54) is 6.08 Å². The number of ketones is 2. The molecule has 1 heterocycles. The molecular weight excluding hydrogens is 192 g/mol. The lowest BCUT2D eigenvalue weighted by molar-refractivity contribution is -0.115. The molecule has 1 aliphatic heterocycles. The van der Waals surface area contributed by atoms with Crippen LogP contribution in [-0.4, -0.2) is 24.8 Å². The van der Waals surface area contributed by atoms with E-state index < -0.39 is 0 Å². The molecule has 0 spiro atoms. The predicted molar refractivity (Wildman–Crippen MR) is 55.5 cm³/mol. The van der Waals surface area contributed by atoms with Crippen LogP contribution in [0.1, 0.15) is 26.2 Å². The van der Waals surface area contributed by atoms with Crippen LogP contribution < -0.4 is 0 Å². The third-order valence-corrected chi connectivity index (χ3v) is 2.83. The monoisotopic (exact) mass is 206 g/mol. The minimum absolute atomic E-state index is 0.0237. The van der Waals surface area contributed by atoms with E-state index in [1.807, 2.05) is 0 Å². The number of allylic oxidation sites excluding steroid dienone is 2. The smallest absolute Gasteiger partial charge is 0.187 e. The molecule has 3 heteroatoms. The number of rotatable bonds is 3. The summed E-state index contributed by atoms with van der Waals surface area (Å²) in [4.78, 5) is 23.5. The fourth-order valence-corrected chi connectivity index (χ4v) is 1.91. The number of carbonyl (C=O) groups excluding carboxylic acids is 2. The molecule has 0 unspecified atom stereocenters. The van der Waals surface area contributed by atoms with Crippen molar-refractivity contribution in [1.29, 1.82) is 0 Å². The minimum atomic E-state index is -0.0341. The normalized spacial score (nSPS) is 20.7. The zero-order valence-corrected chi connectivity index (χ0v) is 8.84. The minimum Gasteiger partial charge on any atom is -0.372 e. The third-order valence-electron chi connectivity index (χ3n) is 2.83. The average Bonchev–Trinajstić information content (AvgIpc) is 2.70. The molecule has 0 fully saturated rings. The fraction of sp³-hybridized carbons (Fsp3) is 0.500. The summed E-state index contributed by atoms with van der Waals surface area (Å²) in [7, 11) is 0. The molecule has 15 heavy (non-hydrogen) atoms. The summed E-state index contributed by atoms with van der Waals surface area (Å²) in [5, 5.41) is 0. The SMILES string of the molecule is CCCCC1=CC(=O)C2=C(COC2)C1=O. The van der Waals surface area contributed by atoms with Crippen molar-refractivity contribution >= 4 is 11.6 Å². The summed E-state index contributed by atoms with van der Waals surface area (Å²) in [6.45, 7) is 2.68. The zero-order valence-electron chi connectivity index (χ0n) is 8.84. The molecule has 0 N–H and O–H groups in total. The second-order valence-corrected chi connectivity index (χ2v) is 3.92. The molecular formula is C12H14O3. The molecule has 0 bridgehead atoms. The van der Waals surface area contributed by atoms with Gasteiger partial charge in [-0.3, -0.25) is 9.59 Å². The van der Waals surface area contributed by atoms with E-state index in [9.17, 15) is 9.59 Å². The maximum Gasteiger partial charge on any atom is 0.187 e. The first-order valence-electron chi connectivity index (χ1n) is 5.33. The topological polar surface area (TPSA) is 43.4 Å². The van der Waals surface area contributed by atoms with Crippen LogP contribution in [0.4, 0.5) is 0 Å². The van der Waals surface area contributed by atoms with Crippen LogP contribution in [0.5, 0.6) is 0 Å². The molecule has 0 aromatic rings. The van der Waals surface area contributed by atoms with Crippen LogP contribution in [0.15, 0.2) is 22.8 Å². The van der Waals surface area contributed by atoms with E-state index in [-0.39, 0.29) is 11.6 Å². The second-order valence-electron chi connectivity index (χ2n) is 3.92. The Hall–Kier alpha value is -1.22. The van der Waals surface area contributed by atoms with Gasteiger partial charge in [0.2, 0.25) is 0 Å². The predicted octanol–water partition coefficient (Wildman–Crippen LogP) is 1.58. The van der Waals surface area contributed by atoms with Crippen molar-refractivity contribution in [3.63, 3.8) is 0 Å². The highest BCUT2D eigenvalue weighted by Gasteiger charge is 2.31. The molecule has 80 valence electrons. The number of hydrogen-bond donors (Lipinski definition) is 0. The van der Waals surface area contributed by atoms with E-state index >= 15 is 0 Å². The van der Waals surface area contributed by atoms with Crippen LogP contribution in [0.2, 0.25) is 0 Å². The van der Waals surface area contributed by atoms with Gasteiger partial charge in [0, 0.05) is 16.7 Å². The van der Waals surface area contributed by atoms with Gasteiger partial charge in [0.25, 0.3) is 0 Å². The number of unbranched alkanes of at least 4 members (excludes halogenated alkanes) is 1. The molecule has 0 amide bonds. The van der Waals surface area contributed by atoms with Crippen molar-refractivity contribution in [2.45, 2.75) is 26.2 Å². The molecule has 0 aromatic heterocycles. The Morgan fingerprint density at radius 3 is 2.73 bits per heavy atom. The summed E-state index contributed by atoms with van der Waals surface area (Å²) in [6, 6.07) is 0. The molecule has 1 aliphatic carbocycles. The largest absolute Gasteiger partial charge is 0.372 e. The quantitative estimate of drug-likeness (QED) is 0.658. The van der Waals surface area contributed by atoms with Gasteiger partial charge >= 0.3 is 0 Å². The fourth-order valence-electron chi connectivity index (χ4n) is 1.91. The standard InChI is InChI=1S/C12H14O3/c1-2-3-4-8-5-11(13)9-6-15-7-10(9)12(8)14/h5H,2-4,6-7H2,1H3. The van der Waals surface area contributed by atoms with Crippen LogP contribution >= 0.6 is 0 Å². The Kier molecular flexibility index (Phi) is 2.82. The average molecular weight is 206 g/mol. The van der Waals surface area contributed by atoms with Crippen molar-refractivity contribution in [2.24, 2.45) is 0 Å². The van der Waals surface area contributed by atoms with Crippen LogP contribution in [0.3, 0.4) is 0 Å². The maximum absolute atomic E-state index is 11.9. The van der Waals surface area contributed by atoms with Gasteiger partial charge < -0.3 is 4.74 Å². The van der Waals surface area contributed by atoms with E-state index in [1.54, 1.807) is 0 Å². The Morgan fingerprint density at radius 2 is 2.00 bits per heavy atom. The lowest BCUT2D eigenvalue weighted by atomic mass is 9.89. The summed E-state index contributed by atoms with van der Waals surface area (Å²) in [6.07, 6.45) is 4.18. The highest BCUT2D eigenvalue weighted by molar-refractivity contribution is 6.23. The maximum atomic E-state index is 11.9. The van der Waals surface area contributed by atoms with Gasteiger partial charge in [-0.2, -0.15) is 0 Å². The summed E-state index contributed by atoms with van der Waals surface area (Å²) < 4.78 is 5.14. The summed E-state index contributed by atoms with van der Waals surface area (Å²) in [5.41, 5.74) is 1.82. The van der Waals surface area contributed by atoms with Gasteiger partial charge in [0.15, 0.2) is 11.6 Å². The number of ether oxygens (including phenoxy) is 1. The van der Waals surface area contributed by atoms with Crippen molar-refractivity contribution < 1.29 is 14.3 Å². The first kappa shape index (κ1) is 10.3. The highest BCUT2D eigenvalue weighted by atomic mass is 16.5. The van der Waals surface area contributed by atoms with Gasteiger partial charge in [-0.25, -0.2) is 0 Å². The first-order chi connectivity index (χ1) is 7.24. The molecule has 2 aliphatic rings.